The maximum absolute atomic E-state index is 12.9. The number of carbonyl (C=O) groups is 6. The molecule has 16 heteroatoms. The highest BCUT2D eigenvalue weighted by molar-refractivity contribution is 7.80. The zero-order valence-corrected chi connectivity index (χ0v) is 18.9. The number of carboxylic acid groups (broad SMARTS) is 1. The van der Waals surface area contributed by atoms with Crippen molar-refractivity contribution >= 4 is 48.1 Å². The molecule has 11 N–H and O–H groups in total. The van der Waals surface area contributed by atoms with Gasteiger partial charge in [-0.2, -0.15) is 12.6 Å². The zero-order chi connectivity index (χ0) is 25.8. The van der Waals surface area contributed by atoms with Crippen LogP contribution >= 0.6 is 12.6 Å². The average Bonchev–Trinajstić information content (AvgIpc) is 3.27. The second-order valence-electron chi connectivity index (χ2n) is 7.27. The topological polar surface area (TPSA) is 265 Å². The van der Waals surface area contributed by atoms with Crippen molar-refractivity contribution in [3.05, 3.63) is 18.2 Å². The minimum Gasteiger partial charge on any atom is -0.480 e. The Morgan fingerprint density at radius 3 is 2.06 bits per heavy atom. The first kappa shape index (κ1) is 28.4. The second-order valence-corrected chi connectivity index (χ2v) is 7.63. The zero-order valence-electron chi connectivity index (χ0n) is 18.0. The fourth-order valence-electron chi connectivity index (χ4n) is 2.69. The van der Waals surface area contributed by atoms with Crippen molar-refractivity contribution in [2.75, 3.05) is 5.75 Å². The Balaban J connectivity index is 3.08. The Bertz CT molecular complexity index is 895. The number of nitrogens with zero attached hydrogens (tertiary/aromatic N) is 1. The number of imidazole rings is 1. The molecule has 188 valence electrons. The summed E-state index contributed by atoms with van der Waals surface area (Å²) in [4.78, 5) is 78.1. The maximum atomic E-state index is 12.9. The molecular formula is C18H28N8O7S. The van der Waals surface area contributed by atoms with Crippen molar-refractivity contribution in [2.24, 2.45) is 17.2 Å². The van der Waals surface area contributed by atoms with Gasteiger partial charge in [0.25, 0.3) is 0 Å². The number of carbonyl (C=O) groups excluding carboxylic acids is 5. The van der Waals surface area contributed by atoms with Crippen molar-refractivity contribution in [3.8, 4) is 0 Å². The summed E-state index contributed by atoms with van der Waals surface area (Å²) in [5.74, 6) is -5.74. The van der Waals surface area contributed by atoms with E-state index in [4.69, 9.17) is 17.2 Å². The number of nitrogens with two attached hydrogens (primary N) is 3. The lowest BCUT2D eigenvalue weighted by atomic mass is 10.1. The lowest BCUT2D eigenvalue weighted by Crippen LogP contribution is -2.58. The number of H-pyrrole nitrogens is 1. The van der Waals surface area contributed by atoms with E-state index in [9.17, 15) is 33.9 Å². The van der Waals surface area contributed by atoms with Gasteiger partial charge in [-0.05, 0) is 6.42 Å². The van der Waals surface area contributed by atoms with Gasteiger partial charge in [-0.15, -0.1) is 0 Å². The average molecular weight is 501 g/mol. The van der Waals surface area contributed by atoms with Crippen LogP contribution < -0.4 is 33.2 Å². The number of amides is 5. The monoisotopic (exact) mass is 500 g/mol. The second kappa shape index (κ2) is 13.8. The smallest absolute Gasteiger partial charge is 0.326 e. The van der Waals surface area contributed by atoms with E-state index in [0.717, 1.165) is 0 Å². The van der Waals surface area contributed by atoms with E-state index in [2.05, 4.69) is 38.5 Å². The van der Waals surface area contributed by atoms with Gasteiger partial charge in [0.2, 0.25) is 29.5 Å². The highest BCUT2D eigenvalue weighted by Gasteiger charge is 2.31. The molecular weight excluding hydrogens is 472 g/mol. The Hall–Kier alpha value is -3.66. The summed E-state index contributed by atoms with van der Waals surface area (Å²) < 4.78 is 0. The first-order valence-electron chi connectivity index (χ1n) is 9.98. The summed E-state index contributed by atoms with van der Waals surface area (Å²) in [7, 11) is 0. The number of aromatic nitrogens is 2. The number of hydrogen-bond acceptors (Lipinski definition) is 9. The van der Waals surface area contributed by atoms with Crippen molar-refractivity contribution in [1.29, 1.82) is 0 Å². The molecule has 4 atom stereocenters. The van der Waals surface area contributed by atoms with E-state index in [1.165, 1.54) is 12.5 Å². The quantitative estimate of drug-likeness (QED) is 0.106. The largest absolute Gasteiger partial charge is 0.480 e. The summed E-state index contributed by atoms with van der Waals surface area (Å²) in [6.07, 6.45) is 1.43. The van der Waals surface area contributed by atoms with Gasteiger partial charge in [-0.3, -0.25) is 24.0 Å². The summed E-state index contributed by atoms with van der Waals surface area (Å²) in [6.45, 7) is 0. The van der Waals surface area contributed by atoms with Gasteiger partial charge >= 0.3 is 5.97 Å². The molecule has 0 aliphatic rings. The first-order chi connectivity index (χ1) is 15.9. The lowest BCUT2D eigenvalue weighted by molar-refractivity contribution is -0.143. The van der Waals surface area contributed by atoms with Gasteiger partial charge in [0.05, 0.1) is 18.8 Å². The van der Waals surface area contributed by atoms with Crippen LogP contribution in [0.5, 0.6) is 0 Å². The van der Waals surface area contributed by atoms with Crippen molar-refractivity contribution in [1.82, 2.24) is 25.9 Å². The summed E-state index contributed by atoms with van der Waals surface area (Å²) in [6, 6.07) is -5.32. The molecule has 34 heavy (non-hydrogen) atoms. The first-order valence-corrected chi connectivity index (χ1v) is 10.6. The lowest BCUT2D eigenvalue weighted by Gasteiger charge is -2.24. The molecule has 1 rings (SSSR count). The number of nitrogens with one attached hydrogen (secondary N) is 4. The number of carboxylic acids is 1. The number of rotatable bonds is 15. The summed E-state index contributed by atoms with van der Waals surface area (Å²) >= 11 is 3.91. The molecule has 15 nitrogen and oxygen atoms in total. The minimum absolute atomic E-state index is 0.0166. The van der Waals surface area contributed by atoms with E-state index in [-0.39, 0.29) is 25.0 Å². The Morgan fingerprint density at radius 2 is 1.56 bits per heavy atom. The standard InChI is InChI=1S/C18H28N8O7S/c19-9(6-34)15(29)24-10(1-2-13(20)27)16(30)25-11(3-8-5-22-7-23-8)17(31)26-12(18(32)33)4-14(21)28/h5,7,9-12,34H,1-4,6,19H2,(H2,20,27)(H2,21,28)(H,22,23)(H,24,29)(H,25,30)(H,26,31)(H,32,33). The van der Waals surface area contributed by atoms with Crippen LogP contribution in [0.1, 0.15) is 25.0 Å². The van der Waals surface area contributed by atoms with E-state index >= 15 is 0 Å². The Morgan fingerprint density at radius 1 is 0.971 bits per heavy atom. The fourth-order valence-corrected chi connectivity index (χ4v) is 2.85. The predicted octanol–water partition coefficient (Wildman–Crippen LogP) is -4.11. The highest BCUT2D eigenvalue weighted by atomic mass is 32.1. The van der Waals surface area contributed by atoms with Crippen molar-refractivity contribution in [2.45, 2.75) is 49.9 Å². The van der Waals surface area contributed by atoms with Crippen LogP contribution in [0.4, 0.5) is 0 Å². The molecule has 4 unspecified atom stereocenters. The third-order valence-electron chi connectivity index (χ3n) is 4.48. The molecule has 0 aliphatic heterocycles. The van der Waals surface area contributed by atoms with Gasteiger partial charge in [0.1, 0.15) is 18.1 Å². The number of thiol groups is 1. The van der Waals surface area contributed by atoms with Crippen LogP contribution in [0, 0.1) is 0 Å². The van der Waals surface area contributed by atoms with E-state index in [1.54, 1.807) is 0 Å². The van der Waals surface area contributed by atoms with Crippen LogP contribution in [-0.2, 0) is 35.2 Å². The molecule has 0 fully saturated rings. The SMILES string of the molecule is NC(=O)CCC(NC(=O)C(N)CS)C(=O)NC(Cc1cnc[nH]1)C(=O)NC(CC(N)=O)C(=O)O. The molecule has 1 aromatic heterocycles. The summed E-state index contributed by atoms with van der Waals surface area (Å²) in [5, 5.41) is 16.2. The fraction of sp³-hybridized carbons (Fsp3) is 0.500. The molecule has 1 heterocycles. The normalized spacial score (nSPS) is 14.2. The minimum atomic E-state index is -1.63. The molecule has 0 spiro atoms. The van der Waals surface area contributed by atoms with Crippen molar-refractivity contribution < 1.29 is 33.9 Å². The van der Waals surface area contributed by atoms with Crippen LogP contribution in [-0.4, -0.2) is 80.5 Å². The summed E-state index contributed by atoms with van der Waals surface area (Å²) in [5.41, 5.74) is 16.2. The van der Waals surface area contributed by atoms with Crippen LogP contribution in [0.3, 0.4) is 0 Å². The molecule has 5 amide bonds. The van der Waals surface area contributed by atoms with Gasteiger partial charge in [0, 0.05) is 30.5 Å². The molecule has 0 saturated heterocycles. The van der Waals surface area contributed by atoms with E-state index < -0.39 is 66.1 Å². The third-order valence-corrected chi connectivity index (χ3v) is 4.87. The van der Waals surface area contributed by atoms with Crippen LogP contribution in [0.2, 0.25) is 0 Å². The number of aromatic amines is 1. The third kappa shape index (κ3) is 9.86. The van der Waals surface area contributed by atoms with Gasteiger partial charge in [-0.1, -0.05) is 0 Å². The molecule has 1 aromatic rings. The van der Waals surface area contributed by atoms with E-state index in [0.29, 0.717) is 5.69 Å². The molecule has 0 bridgehead atoms. The maximum Gasteiger partial charge on any atom is 0.326 e. The molecule has 0 saturated carbocycles. The van der Waals surface area contributed by atoms with Crippen molar-refractivity contribution in [3.63, 3.8) is 0 Å². The Kier molecular flexibility index (Phi) is 11.5. The van der Waals surface area contributed by atoms with Crippen LogP contribution in [0.15, 0.2) is 12.5 Å². The van der Waals surface area contributed by atoms with Gasteiger partial charge in [-0.25, -0.2) is 9.78 Å². The molecule has 0 aliphatic carbocycles. The number of primary amides is 2. The molecule has 0 radical (unpaired) electrons. The molecule has 0 aromatic carbocycles. The highest BCUT2D eigenvalue weighted by Crippen LogP contribution is 2.05. The van der Waals surface area contributed by atoms with E-state index in [1.807, 2.05) is 0 Å². The van der Waals surface area contributed by atoms with Gasteiger partial charge in [0.15, 0.2) is 0 Å². The van der Waals surface area contributed by atoms with Crippen LogP contribution in [0.25, 0.3) is 0 Å². The number of aliphatic carboxylic acids is 1. The van der Waals surface area contributed by atoms with Gasteiger partial charge < -0.3 is 43.2 Å². The predicted molar refractivity (Wildman–Crippen MR) is 120 cm³/mol. The Labute approximate surface area is 199 Å². The number of hydrogen-bond donors (Lipinski definition) is 9.